The van der Waals surface area contributed by atoms with Gasteiger partial charge < -0.3 is 14.8 Å². The van der Waals surface area contributed by atoms with Crippen LogP contribution < -0.4 is 31.1 Å². The Morgan fingerprint density at radius 2 is 0.907 bits per heavy atom. The van der Waals surface area contributed by atoms with Gasteiger partial charge in [-0.15, -0.1) is 0 Å². The number of hydroxylamine groups is 1. The van der Waals surface area contributed by atoms with Crippen LogP contribution in [-0.4, -0.2) is 61.5 Å². The number of amides is 4. The summed E-state index contributed by atoms with van der Waals surface area (Å²) in [5.41, 5.74) is 9.51. The van der Waals surface area contributed by atoms with Crippen LogP contribution >= 0.6 is 0 Å². The van der Waals surface area contributed by atoms with Crippen LogP contribution in [0.4, 0.5) is 0 Å². The number of hydrogen-bond donors (Lipinski definition) is 5. The molecule has 4 aromatic rings. The van der Waals surface area contributed by atoms with Gasteiger partial charge in [-0.3, -0.25) is 24.4 Å². The normalized spacial score (nSPS) is 10.9. The molecule has 13 nitrogen and oxygen atoms in total. The van der Waals surface area contributed by atoms with Crippen LogP contribution in [0.15, 0.2) is 107 Å². The third-order valence-electron chi connectivity index (χ3n) is 8.20. The molecule has 0 radical (unpaired) electrons. The molecule has 13 heteroatoms. The average Bonchev–Trinajstić information content (AvgIpc) is 3.21. The number of benzene rings is 4. The second-order valence-electron chi connectivity index (χ2n) is 12.2. The minimum atomic E-state index is -0.658. The molecule has 0 saturated carbocycles. The Balaban J connectivity index is 1.01. The van der Waals surface area contributed by atoms with Crippen molar-refractivity contribution in [3.05, 3.63) is 130 Å². The number of carbonyl (C=O) groups excluding carboxylic acids is 4. The molecule has 0 aromatic heterocycles. The molecule has 4 rings (SSSR count). The molecule has 54 heavy (non-hydrogen) atoms. The van der Waals surface area contributed by atoms with Crippen molar-refractivity contribution in [3.8, 4) is 11.5 Å². The molecule has 282 valence electrons. The summed E-state index contributed by atoms with van der Waals surface area (Å²) in [6.07, 6.45) is 11.9. The summed E-state index contributed by atoms with van der Waals surface area (Å²) in [6.45, 7) is 1.25. The minimum Gasteiger partial charge on any atom is -0.494 e. The first-order valence-corrected chi connectivity index (χ1v) is 17.9. The molecular weight excluding hydrogens is 688 g/mol. The number of hydrogen-bond acceptors (Lipinski definition) is 9. The monoisotopic (exact) mass is 734 g/mol. The van der Waals surface area contributed by atoms with Crippen molar-refractivity contribution >= 4 is 36.1 Å². The first-order valence-electron chi connectivity index (χ1n) is 17.9. The molecule has 0 bridgehead atoms. The van der Waals surface area contributed by atoms with Crippen LogP contribution in [0.1, 0.15) is 104 Å². The SMILES string of the molecule is CNC(=O)c1ccc(C(=O)N/N=C/c2cccc(OCCCCCCCCCCOc3cccc(/C=N/NC(=O)c4ccc(C(=O)NO)cc4)c3)c2)cc1. The first kappa shape index (κ1) is 40.4. The van der Waals surface area contributed by atoms with Gasteiger partial charge in [0.15, 0.2) is 0 Å². The van der Waals surface area contributed by atoms with E-state index in [1.807, 2.05) is 48.5 Å². The molecule has 0 atom stereocenters. The molecule has 0 aliphatic carbocycles. The molecule has 0 heterocycles. The van der Waals surface area contributed by atoms with Gasteiger partial charge in [-0.05, 0) is 96.8 Å². The maximum Gasteiger partial charge on any atom is 0.274 e. The van der Waals surface area contributed by atoms with E-state index in [0.717, 1.165) is 61.2 Å². The topological polar surface area (TPSA) is 180 Å². The van der Waals surface area contributed by atoms with E-state index in [4.69, 9.17) is 14.7 Å². The molecule has 5 N–H and O–H groups in total. The van der Waals surface area contributed by atoms with E-state index in [1.54, 1.807) is 43.0 Å². The van der Waals surface area contributed by atoms with E-state index in [-0.39, 0.29) is 17.4 Å². The zero-order chi connectivity index (χ0) is 38.4. The highest BCUT2D eigenvalue weighted by Crippen LogP contribution is 2.16. The summed E-state index contributed by atoms with van der Waals surface area (Å²) in [4.78, 5) is 47.7. The Hall–Kier alpha value is -6.34. The fourth-order valence-electron chi connectivity index (χ4n) is 5.23. The maximum atomic E-state index is 12.3. The third-order valence-corrected chi connectivity index (χ3v) is 8.20. The highest BCUT2D eigenvalue weighted by Gasteiger charge is 2.09. The fourth-order valence-corrected chi connectivity index (χ4v) is 5.23. The number of nitrogens with one attached hydrogen (secondary N) is 4. The van der Waals surface area contributed by atoms with Gasteiger partial charge in [0.1, 0.15) is 11.5 Å². The predicted octanol–water partition coefficient (Wildman–Crippen LogP) is 6.27. The Bertz CT molecular complexity index is 1740. The number of rotatable bonds is 21. The summed E-state index contributed by atoms with van der Waals surface area (Å²) in [5.74, 6) is -0.190. The second kappa shape index (κ2) is 22.6. The quantitative estimate of drug-likeness (QED) is 0.0290. The van der Waals surface area contributed by atoms with Crippen molar-refractivity contribution in [1.82, 2.24) is 21.6 Å². The second-order valence-corrected chi connectivity index (χ2v) is 12.2. The molecule has 0 aliphatic rings. The molecule has 4 aromatic carbocycles. The number of nitrogens with zero attached hydrogens (tertiary/aromatic N) is 2. The minimum absolute atomic E-state index is 0.216. The Morgan fingerprint density at radius 3 is 1.30 bits per heavy atom. The summed E-state index contributed by atoms with van der Waals surface area (Å²) in [7, 11) is 1.55. The zero-order valence-corrected chi connectivity index (χ0v) is 30.3. The van der Waals surface area contributed by atoms with Crippen LogP contribution in [0, 0.1) is 0 Å². The van der Waals surface area contributed by atoms with Gasteiger partial charge >= 0.3 is 0 Å². The first-order chi connectivity index (χ1) is 26.4. The fraction of sp³-hybridized carbons (Fsp3) is 0.268. The molecule has 0 aliphatic heterocycles. The van der Waals surface area contributed by atoms with E-state index in [0.29, 0.717) is 29.9 Å². The highest BCUT2D eigenvalue weighted by molar-refractivity contribution is 5.99. The van der Waals surface area contributed by atoms with Crippen molar-refractivity contribution in [2.75, 3.05) is 20.3 Å². The largest absolute Gasteiger partial charge is 0.494 e. The van der Waals surface area contributed by atoms with Crippen LogP contribution in [0.3, 0.4) is 0 Å². The van der Waals surface area contributed by atoms with E-state index >= 15 is 0 Å². The molecule has 4 amide bonds. The lowest BCUT2D eigenvalue weighted by Gasteiger charge is -2.08. The summed E-state index contributed by atoms with van der Waals surface area (Å²) < 4.78 is 11.8. The van der Waals surface area contributed by atoms with Crippen LogP contribution in [0.2, 0.25) is 0 Å². The van der Waals surface area contributed by atoms with E-state index in [9.17, 15) is 19.2 Å². The van der Waals surface area contributed by atoms with Gasteiger partial charge in [0.2, 0.25) is 0 Å². The predicted molar refractivity (Wildman–Crippen MR) is 206 cm³/mol. The number of unbranched alkanes of at least 4 members (excludes halogenated alkanes) is 7. The maximum absolute atomic E-state index is 12.3. The summed E-state index contributed by atoms with van der Waals surface area (Å²) >= 11 is 0. The molecule has 0 unspecified atom stereocenters. The van der Waals surface area contributed by atoms with Gasteiger partial charge in [0.05, 0.1) is 25.6 Å². The molecule has 0 spiro atoms. The highest BCUT2D eigenvalue weighted by atomic mass is 16.5. The van der Waals surface area contributed by atoms with E-state index in [1.165, 1.54) is 43.3 Å². The van der Waals surface area contributed by atoms with Crippen molar-refractivity contribution in [2.24, 2.45) is 10.2 Å². The van der Waals surface area contributed by atoms with Crippen molar-refractivity contribution in [3.63, 3.8) is 0 Å². The Kier molecular flexibility index (Phi) is 16.9. The Labute approximate surface area is 314 Å². The van der Waals surface area contributed by atoms with E-state index < -0.39 is 11.8 Å². The van der Waals surface area contributed by atoms with Gasteiger partial charge in [-0.1, -0.05) is 62.8 Å². The van der Waals surface area contributed by atoms with Gasteiger partial charge in [0.25, 0.3) is 23.6 Å². The van der Waals surface area contributed by atoms with Crippen molar-refractivity contribution < 1.29 is 33.9 Å². The van der Waals surface area contributed by atoms with Crippen molar-refractivity contribution in [1.29, 1.82) is 0 Å². The lowest BCUT2D eigenvalue weighted by atomic mass is 10.1. The van der Waals surface area contributed by atoms with Gasteiger partial charge in [-0.2, -0.15) is 10.2 Å². The Morgan fingerprint density at radius 1 is 0.537 bits per heavy atom. The average molecular weight is 735 g/mol. The van der Waals surface area contributed by atoms with E-state index in [2.05, 4.69) is 26.4 Å². The third kappa shape index (κ3) is 14.0. The standard InChI is InChI=1S/C41H46N6O7/c1-42-38(48)32-16-18-33(19-17-32)39(49)45-43-28-30-12-10-14-36(26-30)53-24-8-6-4-2-3-5-7-9-25-54-37-15-11-13-31(27-37)29-44-46-40(50)34-20-22-35(23-21-34)41(51)47-52/h10-23,26-29,52H,2-9,24-25H2,1H3,(H,42,48)(H,45,49)(H,46,50)(H,47,51)/b43-28+,44-29+. The molecule has 0 saturated heterocycles. The van der Waals surface area contributed by atoms with Crippen LogP contribution in [0.25, 0.3) is 0 Å². The smallest absolute Gasteiger partial charge is 0.274 e. The summed E-state index contributed by atoms with van der Waals surface area (Å²) in [6, 6.07) is 27.1. The molecule has 0 fully saturated rings. The van der Waals surface area contributed by atoms with Gasteiger partial charge in [0, 0.05) is 29.3 Å². The zero-order valence-electron chi connectivity index (χ0n) is 30.3. The van der Waals surface area contributed by atoms with Crippen LogP contribution in [0.5, 0.6) is 11.5 Å². The lowest BCUT2D eigenvalue weighted by Crippen LogP contribution is -2.20. The lowest BCUT2D eigenvalue weighted by molar-refractivity contribution is 0.0705. The number of carbonyl (C=O) groups is 4. The number of ether oxygens (including phenoxy) is 2. The number of hydrazone groups is 2. The van der Waals surface area contributed by atoms with Gasteiger partial charge in [-0.25, -0.2) is 16.3 Å². The summed E-state index contributed by atoms with van der Waals surface area (Å²) in [5, 5.41) is 19.3. The van der Waals surface area contributed by atoms with Crippen LogP contribution in [-0.2, 0) is 0 Å². The van der Waals surface area contributed by atoms with Crippen molar-refractivity contribution in [2.45, 2.75) is 51.4 Å². The molecular formula is C41H46N6O7.